The van der Waals surface area contributed by atoms with E-state index in [1.54, 1.807) is 0 Å². The molecule has 0 spiro atoms. The summed E-state index contributed by atoms with van der Waals surface area (Å²) in [4.78, 5) is 0. The van der Waals surface area contributed by atoms with Crippen LogP contribution >= 0.6 is 0 Å². The molecule has 2 N–H and O–H groups in total. The number of aliphatic hydroxyl groups is 2. The van der Waals surface area contributed by atoms with Gasteiger partial charge in [-0.3, -0.25) is 0 Å². The van der Waals surface area contributed by atoms with E-state index in [9.17, 15) is 10.2 Å². The van der Waals surface area contributed by atoms with Gasteiger partial charge in [-0.1, -0.05) is 157 Å². The van der Waals surface area contributed by atoms with Crippen molar-refractivity contribution in [1.82, 2.24) is 4.48 Å². The third kappa shape index (κ3) is 6.00. The van der Waals surface area contributed by atoms with Crippen molar-refractivity contribution in [2.75, 3.05) is 0 Å². The number of benzene rings is 7. The van der Waals surface area contributed by atoms with Gasteiger partial charge in [-0.2, -0.15) is 4.48 Å². The summed E-state index contributed by atoms with van der Waals surface area (Å²) in [6.45, 7) is 9.13. The lowest BCUT2D eigenvalue weighted by molar-refractivity contribution is 0.0442. The maximum atomic E-state index is 12.7. The Morgan fingerprint density at radius 1 is 0.429 bits per heavy atom. The maximum absolute atomic E-state index is 12.7. The molecule has 0 bridgehead atoms. The zero-order valence-electron chi connectivity index (χ0n) is 36.8. The van der Waals surface area contributed by atoms with E-state index in [0.29, 0.717) is 12.8 Å². The largest absolute Gasteiger partial charge is 0.456 e. The summed E-state index contributed by atoms with van der Waals surface area (Å²) in [5, 5.41) is 24.5. The molecule has 2 heterocycles. The SMILES string of the molecule is CC1(C)c2ccccc2Oc2c1cccc2[N+](c1ccccc1)(c1ccccc1)c1cccc(-c2c(C3(O)CCCC3)ccc3c2Oc2cc(C4(O)CCCC4)ccc2C3(C)C)c1. The highest BCUT2D eigenvalue weighted by Gasteiger charge is 2.47. The Balaban J connectivity index is 1.19. The number of para-hydroxylation sites is 4. The van der Waals surface area contributed by atoms with E-state index >= 15 is 0 Å². The van der Waals surface area contributed by atoms with Crippen LogP contribution in [0.25, 0.3) is 11.1 Å². The lowest BCUT2D eigenvalue weighted by Gasteiger charge is -2.41. The molecule has 11 rings (SSSR count). The highest BCUT2D eigenvalue weighted by Crippen LogP contribution is 2.61. The minimum atomic E-state index is -1.01. The molecule has 2 aliphatic carbocycles. The Hall–Kier alpha value is -5.98. The summed E-state index contributed by atoms with van der Waals surface area (Å²) in [5.74, 6) is 3.25. The summed E-state index contributed by atoms with van der Waals surface area (Å²) >= 11 is 0. The van der Waals surface area contributed by atoms with E-state index in [0.717, 1.165) is 129 Å². The molecule has 0 saturated heterocycles. The lowest BCUT2D eigenvalue weighted by atomic mass is 9.72. The van der Waals surface area contributed by atoms with E-state index in [1.807, 2.05) is 0 Å². The van der Waals surface area contributed by atoms with Gasteiger partial charge in [0.05, 0.1) is 11.2 Å². The molecule has 316 valence electrons. The van der Waals surface area contributed by atoms with Crippen LogP contribution in [-0.4, -0.2) is 10.2 Å². The minimum absolute atomic E-state index is 0.239. The van der Waals surface area contributed by atoms with Crippen molar-refractivity contribution >= 4 is 22.7 Å². The number of fused-ring (bicyclic) bond motifs is 4. The van der Waals surface area contributed by atoms with Gasteiger partial charge in [0.1, 0.15) is 34.3 Å². The van der Waals surface area contributed by atoms with Gasteiger partial charge >= 0.3 is 0 Å². The van der Waals surface area contributed by atoms with E-state index in [4.69, 9.17) is 9.47 Å². The Morgan fingerprint density at radius 2 is 0.937 bits per heavy atom. The number of quaternary nitrogens is 1. The van der Waals surface area contributed by atoms with Gasteiger partial charge in [-0.05, 0) is 54.5 Å². The fourth-order valence-corrected chi connectivity index (χ4v) is 11.8. The molecule has 63 heavy (non-hydrogen) atoms. The zero-order valence-corrected chi connectivity index (χ0v) is 36.8. The number of nitrogens with zero attached hydrogens (tertiary/aromatic N) is 1. The van der Waals surface area contributed by atoms with Crippen molar-refractivity contribution in [2.45, 2.75) is 101 Å². The number of ether oxygens (including phenoxy) is 2. The fraction of sp³-hybridized carbons (Fsp3) is 0.276. The third-order valence-electron chi connectivity index (χ3n) is 15.2. The van der Waals surface area contributed by atoms with Crippen LogP contribution in [0.1, 0.15) is 112 Å². The van der Waals surface area contributed by atoms with Crippen LogP contribution in [0.5, 0.6) is 23.0 Å². The van der Waals surface area contributed by atoms with E-state index in [2.05, 4.69) is 185 Å². The van der Waals surface area contributed by atoms with Crippen LogP contribution < -0.4 is 14.0 Å². The predicted molar refractivity (Wildman–Crippen MR) is 254 cm³/mol. The molecule has 0 atom stereocenters. The normalized spacial score (nSPS) is 18.6. The molecule has 2 saturated carbocycles. The van der Waals surface area contributed by atoms with Gasteiger partial charge in [0.15, 0.2) is 11.4 Å². The second-order valence-corrected chi connectivity index (χ2v) is 19.5. The standard InChI is InChI=1S/C58H56NO4/c1-55(2)44-25-11-12-28-50(44)62-53-47(55)26-18-27-49(53)59(41-20-7-5-8-21-41,42-22-9-6-10-23-42)43-24-17-19-39(37-43)52-46(58(61)35-15-16-36-58)31-32-48-54(52)63-51-38-40(57(60)33-13-14-34-57)29-30-45(51)56(48,3)4/h5-12,17-32,37-38,60-61H,13-16,33-36H2,1-4H3/q+1. The first-order valence-electron chi connectivity index (χ1n) is 22.9. The van der Waals surface area contributed by atoms with Crippen molar-refractivity contribution in [3.63, 3.8) is 0 Å². The van der Waals surface area contributed by atoms with Gasteiger partial charge in [-0.15, -0.1) is 0 Å². The molecule has 5 nitrogen and oxygen atoms in total. The van der Waals surface area contributed by atoms with Gasteiger partial charge < -0.3 is 19.7 Å². The quantitative estimate of drug-likeness (QED) is 0.157. The summed E-state index contributed by atoms with van der Waals surface area (Å²) in [6.07, 6.45) is 6.84. The lowest BCUT2D eigenvalue weighted by Crippen LogP contribution is -2.35. The summed E-state index contributed by atoms with van der Waals surface area (Å²) < 4.78 is 14.6. The fourth-order valence-electron chi connectivity index (χ4n) is 11.8. The smallest absolute Gasteiger partial charge is 0.193 e. The molecule has 5 heteroatoms. The minimum Gasteiger partial charge on any atom is -0.456 e. The Morgan fingerprint density at radius 3 is 1.62 bits per heavy atom. The third-order valence-corrected chi connectivity index (χ3v) is 15.2. The van der Waals surface area contributed by atoms with Crippen LogP contribution in [0.15, 0.2) is 158 Å². The first kappa shape index (κ1) is 39.8. The second-order valence-electron chi connectivity index (χ2n) is 19.5. The molecular formula is C58H56NO4+. The van der Waals surface area contributed by atoms with Gasteiger partial charge in [0.2, 0.25) is 0 Å². The van der Waals surface area contributed by atoms with Crippen LogP contribution in [-0.2, 0) is 22.0 Å². The number of hydrogen-bond donors (Lipinski definition) is 2. The van der Waals surface area contributed by atoms with Crippen LogP contribution in [0, 0.1) is 0 Å². The van der Waals surface area contributed by atoms with Crippen molar-refractivity contribution in [1.29, 1.82) is 0 Å². The van der Waals surface area contributed by atoms with Crippen molar-refractivity contribution in [3.05, 3.63) is 191 Å². The molecule has 7 aromatic rings. The summed E-state index contributed by atoms with van der Waals surface area (Å²) in [7, 11) is 0. The highest BCUT2D eigenvalue weighted by atomic mass is 16.5. The molecule has 0 unspecified atom stereocenters. The number of rotatable bonds is 7. The molecule has 2 aliphatic heterocycles. The van der Waals surface area contributed by atoms with Gasteiger partial charge in [0.25, 0.3) is 0 Å². The average Bonchev–Trinajstić information content (AvgIpc) is 3.96. The van der Waals surface area contributed by atoms with E-state index in [-0.39, 0.29) is 9.90 Å². The Bertz CT molecular complexity index is 2840. The molecule has 4 aliphatic rings. The number of hydrogen-bond acceptors (Lipinski definition) is 4. The maximum Gasteiger partial charge on any atom is 0.193 e. The molecule has 0 aromatic heterocycles. The zero-order chi connectivity index (χ0) is 43.2. The molecule has 0 amide bonds. The predicted octanol–water partition coefficient (Wildman–Crippen LogP) is 15.0. The molecule has 0 radical (unpaired) electrons. The monoisotopic (exact) mass is 830 g/mol. The first-order chi connectivity index (χ1) is 30.4. The Labute approximate surface area is 371 Å². The summed E-state index contributed by atoms with van der Waals surface area (Å²) in [5.41, 5.74) is 9.69. The van der Waals surface area contributed by atoms with E-state index in [1.165, 1.54) is 0 Å². The van der Waals surface area contributed by atoms with Gasteiger partial charge in [-0.25, -0.2) is 0 Å². The average molecular weight is 831 g/mol. The van der Waals surface area contributed by atoms with Crippen LogP contribution in [0.4, 0.5) is 22.7 Å². The topological polar surface area (TPSA) is 58.9 Å². The van der Waals surface area contributed by atoms with Crippen LogP contribution in [0.3, 0.4) is 0 Å². The van der Waals surface area contributed by atoms with Crippen molar-refractivity contribution in [2.24, 2.45) is 0 Å². The Kier molecular flexibility index (Phi) is 9.19. The highest BCUT2D eigenvalue weighted by molar-refractivity contribution is 5.89. The second kappa shape index (κ2) is 14.5. The van der Waals surface area contributed by atoms with Crippen molar-refractivity contribution < 1.29 is 19.7 Å². The molecular weight excluding hydrogens is 775 g/mol. The summed E-state index contributed by atoms with van der Waals surface area (Å²) in [6, 6.07) is 56.2. The van der Waals surface area contributed by atoms with Gasteiger partial charge in [0, 0.05) is 81.1 Å². The van der Waals surface area contributed by atoms with E-state index < -0.39 is 16.6 Å². The molecule has 7 aromatic carbocycles. The van der Waals surface area contributed by atoms with Crippen LogP contribution in [0.2, 0.25) is 0 Å². The first-order valence-corrected chi connectivity index (χ1v) is 22.9. The molecule has 2 fully saturated rings. The van der Waals surface area contributed by atoms with Crippen molar-refractivity contribution in [3.8, 4) is 34.1 Å².